The minimum absolute atomic E-state index is 0. The molecule has 4 fully saturated rings. The van der Waals surface area contributed by atoms with E-state index in [2.05, 4.69) is 39.9 Å². The minimum atomic E-state index is -1.58. The molecule has 0 amide bonds. The first-order valence-electron chi connectivity index (χ1n) is 13.1. The third-order valence-corrected chi connectivity index (χ3v) is 9.75. The van der Waals surface area contributed by atoms with Crippen LogP contribution in [0.15, 0.2) is 0 Å². The predicted octanol–water partition coefficient (Wildman–Crippen LogP) is 0.371. The molecule has 6 nitrogen and oxygen atoms in total. The number of Topliss-reactive ketones (excluding diaryl/α,β-unsaturated/α-hetero) is 2. The predicted molar refractivity (Wildman–Crippen MR) is 130 cm³/mol. The van der Waals surface area contributed by atoms with Crippen molar-refractivity contribution in [1.82, 2.24) is 5.32 Å². The van der Waals surface area contributed by atoms with E-state index < -0.39 is 23.4 Å². The number of hydrogen-bond donors (Lipinski definition) is 4. The Morgan fingerprint density at radius 3 is 2.24 bits per heavy atom. The molecule has 4 aliphatic carbocycles. The average Bonchev–Trinajstić information content (AvgIpc) is 2.98. The van der Waals surface area contributed by atoms with Gasteiger partial charge in [0.2, 0.25) is 0 Å². The molecule has 34 heavy (non-hydrogen) atoms. The van der Waals surface area contributed by atoms with E-state index in [0.29, 0.717) is 24.4 Å². The maximum atomic E-state index is 13.4. The van der Waals surface area contributed by atoms with Crippen molar-refractivity contribution in [2.75, 3.05) is 6.61 Å². The minimum Gasteiger partial charge on any atom is -1.00 e. The second-order valence-electron chi connectivity index (χ2n) is 12.5. The van der Waals surface area contributed by atoms with Gasteiger partial charge in [-0.3, -0.25) is 9.59 Å². The number of carbonyl (C=O) groups excluding carboxylic acids is 2. The van der Waals surface area contributed by atoms with Gasteiger partial charge in [-0.15, -0.1) is 0 Å². The van der Waals surface area contributed by atoms with Gasteiger partial charge in [0, 0.05) is 29.8 Å². The Hall–Kier alpha value is -0.223. The molecule has 0 bridgehead atoms. The molecule has 4 saturated carbocycles. The van der Waals surface area contributed by atoms with Gasteiger partial charge in [-0.05, 0) is 68.1 Å². The number of rotatable bonds is 4. The fraction of sp³-hybridized carbons (Fsp3) is 0.926. The number of carbonyl (C=O) groups is 2. The van der Waals surface area contributed by atoms with Crippen molar-refractivity contribution in [2.24, 2.45) is 34.5 Å². The fourth-order valence-corrected chi connectivity index (χ4v) is 8.31. The summed E-state index contributed by atoms with van der Waals surface area (Å²) in [6.07, 6.45) is 5.47. The number of nitrogens with one attached hydrogen (secondary N) is 1. The van der Waals surface area contributed by atoms with Gasteiger partial charge in [-0.1, -0.05) is 41.5 Å². The van der Waals surface area contributed by atoms with E-state index in [0.717, 1.165) is 38.5 Å². The molecule has 0 saturated heterocycles. The van der Waals surface area contributed by atoms with Gasteiger partial charge in [-0.25, -0.2) is 0 Å². The van der Waals surface area contributed by atoms with Crippen molar-refractivity contribution in [1.29, 1.82) is 0 Å². The first-order chi connectivity index (χ1) is 15.3. The van der Waals surface area contributed by atoms with Crippen molar-refractivity contribution >= 4 is 11.6 Å². The summed E-state index contributed by atoms with van der Waals surface area (Å²) in [6, 6.07) is 1.25. The standard InChI is InChI=1S/C21H32O5.C6H15N.Li.H/c1-19-7-5-13(23)9-12(19)3-4-14-15-6-8-21(26,17(25)11-22)20(15,2)10-16(24)18(14)19;1-5(2)7-6(3)4;;/h12-15,18,22-23,26H,3-11H2,1-2H3;5-7H,1-4H3;;/q;;+1;-1/t12-,13-,14+,15+,18-,19+,20+,21+;;;/m1.../s1. The largest absolute Gasteiger partial charge is 1.00 e. The van der Waals surface area contributed by atoms with Crippen LogP contribution in [0.25, 0.3) is 0 Å². The molecule has 0 aromatic rings. The molecule has 0 unspecified atom stereocenters. The topological polar surface area (TPSA) is 107 Å². The molecule has 0 radical (unpaired) electrons. The third-order valence-electron chi connectivity index (χ3n) is 9.75. The molecule has 0 aromatic carbocycles. The fourth-order valence-electron chi connectivity index (χ4n) is 8.31. The van der Waals surface area contributed by atoms with Gasteiger partial charge in [0.15, 0.2) is 5.78 Å². The molecule has 0 aliphatic heterocycles. The van der Waals surface area contributed by atoms with E-state index in [1.807, 2.05) is 6.92 Å². The first kappa shape index (κ1) is 30.0. The van der Waals surface area contributed by atoms with Gasteiger partial charge in [-0.2, -0.15) is 0 Å². The number of hydrogen-bond acceptors (Lipinski definition) is 6. The summed E-state index contributed by atoms with van der Waals surface area (Å²) in [5, 5.41) is 33.9. The summed E-state index contributed by atoms with van der Waals surface area (Å²) in [6.45, 7) is 12.1. The van der Waals surface area contributed by atoms with Crippen LogP contribution in [0.4, 0.5) is 0 Å². The Kier molecular flexibility index (Phi) is 9.73. The van der Waals surface area contributed by atoms with Crippen LogP contribution in [0.5, 0.6) is 0 Å². The Bertz CT molecular complexity index is 745. The van der Waals surface area contributed by atoms with Gasteiger partial charge < -0.3 is 22.1 Å². The van der Waals surface area contributed by atoms with Crippen molar-refractivity contribution < 1.29 is 45.2 Å². The second-order valence-corrected chi connectivity index (χ2v) is 12.5. The first-order valence-corrected chi connectivity index (χ1v) is 13.1. The molecular weight excluding hydrogens is 425 g/mol. The summed E-state index contributed by atoms with van der Waals surface area (Å²) >= 11 is 0. The average molecular weight is 474 g/mol. The number of aliphatic hydroxyl groups is 3. The monoisotopic (exact) mass is 473 g/mol. The van der Waals surface area contributed by atoms with Crippen LogP contribution in [0.1, 0.15) is 94.3 Å². The Morgan fingerprint density at radius 2 is 1.71 bits per heavy atom. The quantitative estimate of drug-likeness (QED) is 0.440. The molecule has 4 N–H and O–H groups in total. The maximum absolute atomic E-state index is 13.4. The zero-order valence-electron chi connectivity index (χ0n) is 23.6. The summed E-state index contributed by atoms with van der Waals surface area (Å²) < 4.78 is 0. The molecule has 7 heteroatoms. The van der Waals surface area contributed by atoms with Crippen molar-refractivity contribution in [2.45, 2.75) is 117 Å². The maximum Gasteiger partial charge on any atom is 1.00 e. The van der Waals surface area contributed by atoms with E-state index in [1.165, 1.54) is 0 Å². The molecule has 0 spiro atoms. The van der Waals surface area contributed by atoms with E-state index >= 15 is 0 Å². The van der Waals surface area contributed by atoms with Crippen LogP contribution < -0.4 is 24.2 Å². The van der Waals surface area contributed by atoms with Gasteiger partial charge >= 0.3 is 18.9 Å². The summed E-state index contributed by atoms with van der Waals surface area (Å²) in [5.41, 5.74) is -2.40. The van der Waals surface area contributed by atoms with Gasteiger partial charge in [0.05, 0.1) is 6.10 Å². The van der Waals surface area contributed by atoms with Crippen LogP contribution in [0.2, 0.25) is 0 Å². The third kappa shape index (κ3) is 5.11. The van der Waals surface area contributed by atoms with Crippen LogP contribution >= 0.6 is 0 Å². The van der Waals surface area contributed by atoms with Crippen LogP contribution in [-0.2, 0) is 9.59 Å². The van der Waals surface area contributed by atoms with Crippen LogP contribution in [0, 0.1) is 34.5 Å². The second kappa shape index (κ2) is 11.0. The van der Waals surface area contributed by atoms with Crippen molar-refractivity contribution in [3.63, 3.8) is 0 Å². The van der Waals surface area contributed by atoms with Crippen molar-refractivity contribution in [3.8, 4) is 0 Å². The van der Waals surface area contributed by atoms with Crippen LogP contribution in [-0.4, -0.2) is 57.3 Å². The SMILES string of the molecule is CC(C)NC(C)C.C[C@]12CC[C@@H](O)C[C@H]1CC[C@@H]1[C@@H]2C(=O)C[C@@]2(C)[C@H]1CC[C@]2(O)C(=O)CO.[H-].[Li+]. The van der Waals surface area contributed by atoms with Gasteiger partial charge in [0.25, 0.3) is 0 Å². The molecule has 192 valence electrons. The smallest absolute Gasteiger partial charge is 1.00 e. The van der Waals surface area contributed by atoms with Crippen LogP contribution in [0.3, 0.4) is 0 Å². The Balaban J connectivity index is 0.000000601. The normalized spacial score (nSPS) is 43.3. The number of ketones is 2. The Morgan fingerprint density at radius 1 is 1.09 bits per heavy atom. The zero-order valence-corrected chi connectivity index (χ0v) is 22.6. The van der Waals surface area contributed by atoms with Crippen molar-refractivity contribution in [3.05, 3.63) is 0 Å². The molecule has 4 aliphatic rings. The number of aliphatic hydroxyl groups excluding tert-OH is 2. The van der Waals surface area contributed by atoms with E-state index in [4.69, 9.17) is 0 Å². The molecule has 0 heterocycles. The Labute approximate surface area is 219 Å². The summed E-state index contributed by atoms with van der Waals surface area (Å²) in [4.78, 5) is 25.7. The molecule has 8 atom stereocenters. The molecule has 4 rings (SSSR count). The summed E-state index contributed by atoms with van der Waals surface area (Å²) in [5.74, 6) is 0.380. The zero-order chi connectivity index (χ0) is 24.8. The van der Waals surface area contributed by atoms with E-state index in [1.54, 1.807) is 0 Å². The number of fused-ring (bicyclic) bond motifs is 5. The summed E-state index contributed by atoms with van der Waals surface area (Å²) in [7, 11) is 0. The molecular formula is C27H48LiNO5. The molecule has 0 aromatic heterocycles. The van der Waals surface area contributed by atoms with E-state index in [9.17, 15) is 24.9 Å². The van der Waals surface area contributed by atoms with E-state index in [-0.39, 0.29) is 61.8 Å². The van der Waals surface area contributed by atoms with Gasteiger partial charge in [0.1, 0.15) is 18.0 Å².